The molecule has 18 heavy (non-hydrogen) atoms. The average Bonchev–Trinajstić information content (AvgIpc) is 2.82. The predicted octanol–water partition coefficient (Wildman–Crippen LogP) is 2.65. The Bertz CT molecular complexity index is 523. The number of benzene rings is 1. The van der Waals surface area contributed by atoms with Crippen LogP contribution in [0.4, 0.5) is 8.78 Å². The Hall–Kier alpha value is -1.75. The molecule has 0 saturated carbocycles. The van der Waals surface area contributed by atoms with Gasteiger partial charge >= 0.3 is 0 Å². The van der Waals surface area contributed by atoms with Gasteiger partial charge in [-0.15, -0.1) is 0 Å². The van der Waals surface area contributed by atoms with Crippen molar-refractivity contribution in [1.29, 1.82) is 0 Å². The van der Waals surface area contributed by atoms with Crippen molar-refractivity contribution in [1.82, 2.24) is 15.1 Å². The summed E-state index contributed by atoms with van der Waals surface area (Å²) in [6.45, 7) is 3.60. The topological polar surface area (TPSA) is 29.9 Å². The highest BCUT2D eigenvalue weighted by Crippen LogP contribution is 2.15. The summed E-state index contributed by atoms with van der Waals surface area (Å²) in [5.74, 6) is -1.75. The number of nitrogens with zero attached hydrogens (tertiary/aromatic N) is 2. The van der Waals surface area contributed by atoms with E-state index in [4.69, 9.17) is 0 Å². The minimum absolute atomic E-state index is 0.122. The molecule has 2 rings (SSSR count). The van der Waals surface area contributed by atoms with E-state index < -0.39 is 11.6 Å². The van der Waals surface area contributed by atoms with Crippen molar-refractivity contribution in [3.8, 4) is 5.69 Å². The Balaban J connectivity index is 2.16. The van der Waals surface area contributed by atoms with Crippen molar-refractivity contribution < 1.29 is 8.78 Å². The van der Waals surface area contributed by atoms with E-state index in [2.05, 4.69) is 17.3 Å². The molecule has 0 aliphatic carbocycles. The molecule has 0 spiro atoms. The van der Waals surface area contributed by atoms with Crippen LogP contribution in [0.5, 0.6) is 0 Å². The second-order valence-corrected chi connectivity index (χ2v) is 4.00. The molecule has 1 heterocycles. The number of rotatable bonds is 5. The summed E-state index contributed by atoms with van der Waals surface area (Å²) in [6.07, 6.45) is 2.67. The molecule has 0 aliphatic rings. The standard InChI is InChI=1S/C13H15F2N3/c1-2-7-16-9-10-6-8-18(17-10)12-5-3-4-11(14)13(12)15/h3-6,8,16H,2,7,9H2,1H3. The molecule has 2 aromatic rings. The summed E-state index contributed by atoms with van der Waals surface area (Å²) >= 11 is 0. The Morgan fingerprint density at radius 1 is 1.28 bits per heavy atom. The maximum atomic E-state index is 13.6. The molecule has 0 unspecified atom stereocenters. The summed E-state index contributed by atoms with van der Waals surface area (Å²) in [6, 6.07) is 5.83. The normalized spacial score (nSPS) is 10.8. The van der Waals surface area contributed by atoms with Crippen LogP contribution in [0, 0.1) is 11.6 Å². The fourth-order valence-electron chi connectivity index (χ4n) is 1.65. The predicted molar refractivity (Wildman–Crippen MR) is 65.5 cm³/mol. The van der Waals surface area contributed by atoms with E-state index in [0.29, 0.717) is 6.54 Å². The zero-order valence-electron chi connectivity index (χ0n) is 10.2. The van der Waals surface area contributed by atoms with Crippen LogP contribution in [0.15, 0.2) is 30.5 Å². The third-order valence-electron chi connectivity index (χ3n) is 2.56. The van der Waals surface area contributed by atoms with E-state index in [9.17, 15) is 8.78 Å². The van der Waals surface area contributed by atoms with Crippen LogP contribution < -0.4 is 5.32 Å². The lowest BCUT2D eigenvalue weighted by Gasteiger charge is -2.03. The molecular formula is C13H15F2N3. The molecule has 5 heteroatoms. The van der Waals surface area contributed by atoms with Crippen LogP contribution in [-0.2, 0) is 6.54 Å². The average molecular weight is 251 g/mol. The maximum Gasteiger partial charge on any atom is 0.184 e. The van der Waals surface area contributed by atoms with Gasteiger partial charge in [-0.25, -0.2) is 13.5 Å². The fraction of sp³-hybridized carbons (Fsp3) is 0.308. The lowest BCUT2D eigenvalue weighted by atomic mass is 10.3. The van der Waals surface area contributed by atoms with Crippen LogP contribution in [0.25, 0.3) is 5.69 Å². The van der Waals surface area contributed by atoms with E-state index in [1.54, 1.807) is 12.3 Å². The minimum atomic E-state index is -0.881. The van der Waals surface area contributed by atoms with Crippen molar-refractivity contribution in [2.45, 2.75) is 19.9 Å². The van der Waals surface area contributed by atoms with Gasteiger partial charge in [0.2, 0.25) is 0 Å². The van der Waals surface area contributed by atoms with E-state index in [1.165, 1.54) is 16.8 Å². The first-order chi connectivity index (χ1) is 8.72. The highest BCUT2D eigenvalue weighted by molar-refractivity contribution is 5.33. The van der Waals surface area contributed by atoms with Gasteiger partial charge in [0.1, 0.15) is 5.69 Å². The molecule has 0 amide bonds. The lowest BCUT2D eigenvalue weighted by molar-refractivity contribution is 0.501. The van der Waals surface area contributed by atoms with E-state index in [0.717, 1.165) is 24.7 Å². The Morgan fingerprint density at radius 2 is 2.11 bits per heavy atom. The second kappa shape index (κ2) is 5.73. The molecule has 0 radical (unpaired) electrons. The zero-order valence-corrected chi connectivity index (χ0v) is 10.2. The van der Waals surface area contributed by atoms with Gasteiger partial charge in [0.05, 0.1) is 5.69 Å². The van der Waals surface area contributed by atoms with E-state index in [-0.39, 0.29) is 5.69 Å². The molecule has 1 aromatic carbocycles. The highest BCUT2D eigenvalue weighted by atomic mass is 19.2. The number of halogens is 2. The van der Waals surface area contributed by atoms with Crippen LogP contribution in [-0.4, -0.2) is 16.3 Å². The van der Waals surface area contributed by atoms with Crippen LogP contribution in [0.1, 0.15) is 19.0 Å². The zero-order chi connectivity index (χ0) is 13.0. The monoisotopic (exact) mass is 251 g/mol. The molecule has 96 valence electrons. The van der Waals surface area contributed by atoms with Crippen LogP contribution in [0.2, 0.25) is 0 Å². The van der Waals surface area contributed by atoms with Gasteiger partial charge in [-0.05, 0) is 31.2 Å². The first-order valence-electron chi connectivity index (χ1n) is 5.92. The van der Waals surface area contributed by atoms with Crippen molar-refractivity contribution in [2.24, 2.45) is 0 Å². The van der Waals surface area contributed by atoms with Gasteiger partial charge in [-0.3, -0.25) is 0 Å². The van der Waals surface area contributed by atoms with Gasteiger partial charge in [-0.2, -0.15) is 5.10 Å². The van der Waals surface area contributed by atoms with Gasteiger partial charge in [0.15, 0.2) is 11.6 Å². The van der Waals surface area contributed by atoms with Gasteiger partial charge in [-0.1, -0.05) is 13.0 Å². The second-order valence-electron chi connectivity index (χ2n) is 4.00. The first kappa shape index (κ1) is 12.7. The van der Waals surface area contributed by atoms with Crippen molar-refractivity contribution in [3.05, 3.63) is 47.8 Å². The van der Waals surface area contributed by atoms with Crippen molar-refractivity contribution in [2.75, 3.05) is 6.54 Å². The minimum Gasteiger partial charge on any atom is -0.311 e. The fourth-order valence-corrected chi connectivity index (χ4v) is 1.65. The maximum absolute atomic E-state index is 13.6. The summed E-state index contributed by atoms with van der Waals surface area (Å²) in [5, 5.41) is 7.40. The lowest BCUT2D eigenvalue weighted by Crippen LogP contribution is -2.14. The Morgan fingerprint density at radius 3 is 2.89 bits per heavy atom. The molecule has 0 bridgehead atoms. The summed E-state index contributed by atoms with van der Waals surface area (Å²) in [4.78, 5) is 0. The van der Waals surface area contributed by atoms with Gasteiger partial charge in [0, 0.05) is 12.7 Å². The first-order valence-corrected chi connectivity index (χ1v) is 5.92. The largest absolute Gasteiger partial charge is 0.311 e. The third-order valence-corrected chi connectivity index (χ3v) is 2.56. The number of nitrogens with one attached hydrogen (secondary N) is 1. The third kappa shape index (κ3) is 2.73. The van der Waals surface area contributed by atoms with E-state index in [1.807, 2.05) is 0 Å². The number of aromatic nitrogens is 2. The Kier molecular flexibility index (Phi) is 4.04. The quantitative estimate of drug-likeness (QED) is 0.828. The summed E-state index contributed by atoms with van der Waals surface area (Å²) in [7, 11) is 0. The number of hydrogen-bond acceptors (Lipinski definition) is 2. The number of hydrogen-bond donors (Lipinski definition) is 1. The molecule has 0 saturated heterocycles. The van der Waals surface area contributed by atoms with Gasteiger partial charge in [0.25, 0.3) is 0 Å². The molecule has 1 aromatic heterocycles. The SMILES string of the molecule is CCCNCc1ccn(-c2cccc(F)c2F)n1. The van der Waals surface area contributed by atoms with E-state index >= 15 is 0 Å². The summed E-state index contributed by atoms with van der Waals surface area (Å²) in [5.41, 5.74) is 0.920. The van der Waals surface area contributed by atoms with Gasteiger partial charge < -0.3 is 5.32 Å². The molecule has 0 fully saturated rings. The molecule has 0 aliphatic heterocycles. The smallest absolute Gasteiger partial charge is 0.184 e. The van der Waals surface area contributed by atoms with Crippen LogP contribution >= 0.6 is 0 Å². The highest BCUT2D eigenvalue weighted by Gasteiger charge is 2.10. The molecular weight excluding hydrogens is 236 g/mol. The Labute approximate surface area is 104 Å². The molecule has 1 N–H and O–H groups in total. The molecule has 3 nitrogen and oxygen atoms in total. The van der Waals surface area contributed by atoms with Crippen molar-refractivity contribution in [3.63, 3.8) is 0 Å². The molecule has 0 atom stereocenters. The summed E-state index contributed by atoms with van der Waals surface area (Å²) < 4.78 is 28.0. The van der Waals surface area contributed by atoms with Crippen molar-refractivity contribution >= 4 is 0 Å². The van der Waals surface area contributed by atoms with Crippen LogP contribution in [0.3, 0.4) is 0 Å².